The molecular formula is C18H26N4O4. The lowest BCUT2D eigenvalue weighted by Gasteiger charge is -2.35. The molecule has 0 bridgehead atoms. The summed E-state index contributed by atoms with van der Waals surface area (Å²) < 4.78 is 5.74. The van der Waals surface area contributed by atoms with E-state index < -0.39 is 12.1 Å². The highest BCUT2D eigenvalue weighted by atomic mass is 16.7. The van der Waals surface area contributed by atoms with Crippen LogP contribution < -0.4 is 10.2 Å². The zero-order valence-corrected chi connectivity index (χ0v) is 15.1. The number of piperidine rings is 1. The molecule has 1 atom stereocenters. The Morgan fingerprint density at radius 3 is 2.42 bits per heavy atom. The van der Waals surface area contributed by atoms with E-state index in [2.05, 4.69) is 15.2 Å². The topological polar surface area (TPSA) is 84.0 Å². The van der Waals surface area contributed by atoms with Gasteiger partial charge in [0.15, 0.2) is 5.78 Å². The number of rotatable bonds is 6. The van der Waals surface area contributed by atoms with Crippen molar-refractivity contribution in [2.24, 2.45) is 0 Å². The molecule has 0 spiro atoms. The molecule has 26 heavy (non-hydrogen) atoms. The van der Waals surface area contributed by atoms with Crippen molar-refractivity contribution in [3.63, 3.8) is 0 Å². The van der Waals surface area contributed by atoms with Gasteiger partial charge in [-0.15, -0.1) is 5.06 Å². The van der Waals surface area contributed by atoms with Gasteiger partial charge in [0.2, 0.25) is 6.10 Å². The summed E-state index contributed by atoms with van der Waals surface area (Å²) in [6, 6.07) is 3.92. The molecule has 0 saturated carbocycles. The normalized spacial score (nSPS) is 20.6. The standard InChI is InChI=1S/C18H26N4O4/c1-14(23)17(25-16-4-8-20-9-5-16)18(24)26-22-12-10-21(11-13-22)15-2-6-19-7-3-15/h2-3,6-7,16-17,20H,4-5,8-13H2,1H3. The van der Waals surface area contributed by atoms with Crippen LogP contribution in [0.4, 0.5) is 5.69 Å². The van der Waals surface area contributed by atoms with Gasteiger partial charge in [-0.2, -0.15) is 0 Å². The van der Waals surface area contributed by atoms with Crippen molar-refractivity contribution in [3.8, 4) is 0 Å². The average Bonchev–Trinajstić information content (AvgIpc) is 2.68. The highest BCUT2D eigenvalue weighted by Crippen LogP contribution is 2.16. The third-order valence-corrected chi connectivity index (χ3v) is 4.68. The Kier molecular flexibility index (Phi) is 6.54. The molecular weight excluding hydrogens is 336 g/mol. The van der Waals surface area contributed by atoms with Gasteiger partial charge in [-0.1, -0.05) is 0 Å². The van der Waals surface area contributed by atoms with E-state index in [1.54, 1.807) is 17.5 Å². The lowest BCUT2D eigenvalue weighted by Crippen LogP contribution is -2.49. The molecule has 2 saturated heterocycles. The molecule has 8 nitrogen and oxygen atoms in total. The molecule has 1 aromatic rings. The highest BCUT2D eigenvalue weighted by molar-refractivity contribution is 6.00. The number of Topliss-reactive ketones (excluding diaryl/α,β-unsaturated/α-hetero) is 1. The second-order valence-electron chi connectivity index (χ2n) is 6.61. The van der Waals surface area contributed by atoms with E-state index in [9.17, 15) is 9.59 Å². The molecule has 2 fully saturated rings. The Bertz CT molecular complexity index is 598. The van der Waals surface area contributed by atoms with Crippen LogP contribution in [0.5, 0.6) is 0 Å². The highest BCUT2D eigenvalue weighted by Gasteiger charge is 2.32. The van der Waals surface area contributed by atoms with Gasteiger partial charge in [0.1, 0.15) is 0 Å². The van der Waals surface area contributed by atoms with Crippen LogP contribution in [0, 0.1) is 0 Å². The minimum absolute atomic E-state index is 0.0822. The van der Waals surface area contributed by atoms with E-state index in [-0.39, 0.29) is 11.9 Å². The molecule has 3 heterocycles. The maximum atomic E-state index is 12.4. The fourth-order valence-electron chi connectivity index (χ4n) is 3.21. The van der Waals surface area contributed by atoms with Crippen molar-refractivity contribution in [3.05, 3.63) is 24.5 Å². The zero-order valence-electron chi connectivity index (χ0n) is 15.1. The number of ether oxygens (including phenoxy) is 1. The largest absolute Gasteiger partial charge is 0.369 e. The van der Waals surface area contributed by atoms with E-state index in [1.807, 2.05) is 12.1 Å². The Morgan fingerprint density at radius 2 is 1.81 bits per heavy atom. The molecule has 1 aromatic heterocycles. The van der Waals surface area contributed by atoms with Gasteiger partial charge in [-0.05, 0) is 45.0 Å². The van der Waals surface area contributed by atoms with Crippen LogP contribution in [-0.2, 0) is 19.2 Å². The van der Waals surface area contributed by atoms with E-state index in [1.165, 1.54) is 6.92 Å². The van der Waals surface area contributed by atoms with E-state index >= 15 is 0 Å². The summed E-state index contributed by atoms with van der Waals surface area (Å²) in [6.45, 7) is 5.66. The van der Waals surface area contributed by atoms with Gasteiger partial charge >= 0.3 is 5.97 Å². The number of aromatic nitrogens is 1. The first-order chi connectivity index (χ1) is 12.6. The Hall–Kier alpha value is -2.03. The van der Waals surface area contributed by atoms with Gasteiger partial charge in [0.25, 0.3) is 0 Å². The number of piperazine rings is 1. The fourth-order valence-corrected chi connectivity index (χ4v) is 3.21. The van der Waals surface area contributed by atoms with E-state index in [0.29, 0.717) is 13.1 Å². The zero-order chi connectivity index (χ0) is 18.4. The first kappa shape index (κ1) is 18.8. The van der Waals surface area contributed by atoms with Crippen LogP contribution in [-0.4, -0.2) is 73.3 Å². The fraction of sp³-hybridized carbons (Fsp3) is 0.611. The molecule has 1 N–H and O–H groups in total. The Labute approximate surface area is 153 Å². The van der Waals surface area contributed by atoms with E-state index in [4.69, 9.17) is 9.57 Å². The van der Waals surface area contributed by atoms with E-state index in [0.717, 1.165) is 44.7 Å². The number of pyridine rings is 1. The number of nitrogens with zero attached hydrogens (tertiary/aromatic N) is 3. The maximum Gasteiger partial charge on any atom is 0.361 e. The first-order valence-corrected chi connectivity index (χ1v) is 9.12. The van der Waals surface area contributed by atoms with Crippen LogP contribution in [0.3, 0.4) is 0 Å². The second-order valence-corrected chi connectivity index (χ2v) is 6.61. The summed E-state index contributed by atoms with van der Waals surface area (Å²) in [5, 5.41) is 4.84. The summed E-state index contributed by atoms with van der Waals surface area (Å²) >= 11 is 0. The number of hydroxylamine groups is 2. The maximum absolute atomic E-state index is 12.4. The van der Waals surface area contributed by atoms with Gasteiger partial charge in [-0.3, -0.25) is 9.78 Å². The predicted octanol–water partition coefficient (Wildman–Crippen LogP) is 0.388. The minimum atomic E-state index is -1.14. The van der Waals surface area contributed by atoms with Crippen molar-refractivity contribution in [2.75, 3.05) is 44.2 Å². The summed E-state index contributed by atoms with van der Waals surface area (Å²) in [7, 11) is 0. The summed E-state index contributed by atoms with van der Waals surface area (Å²) in [4.78, 5) is 36.0. The molecule has 142 valence electrons. The molecule has 8 heteroatoms. The summed E-state index contributed by atoms with van der Waals surface area (Å²) in [5.74, 6) is -0.933. The van der Waals surface area contributed by atoms with Gasteiger partial charge in [-0.25, -0.2) is 4.79 Å². The molecule has 3 rings (SSSR count). The quantitative estimate of drug-likeness (QED) is 0.728. The molecule has 0 amide bonds. The second kappa shape index (κ2) is 9.07. The van der Waals surface area contributed by atoms with Crippen LogP contribution in [0.2, 0.25) is 0 Å². The number of hydrogen-bond acceptors (Lipinski definition) is 8. The number of carbonyl (C=O) groups excluding carboxylic acids is 2. The third kappa shape index (κ3) is 5.00. The van der Waals surface area contributed by atoms with Crippen molar-refractivity contribution in [1.82, 2.24) is 15.4 Å². The van der Waals surface area contributed by atoms with Gasteiger partial charge in [0.05, 0.1) is 19.2 Å². The monoisotopic (exact) mass is 362 g/mol. The van der Waals surface area contributed by atoms with Crippen LogP contribution in [0.1, 0.15) is 19.8 Å². The molecule has 0 aromatic carbocycles. The van der Waals surface area contributed by atoms with Gasteiger partial charge in [0, 0.05) is 31.2 Å². The predicted molar refractivity (Wildman–Crippen MR) is 95.6 cm³/mol. The minimum Gasteiger partial charge on any atom is -0.369 e. The Morgan fingerprint density at radius 1 is 1.15 bits per heavy atom. The molecule has 2 aliphatic heterocycles. The van der Waals surface area contributed by atoms with Crippen LogP contribution in [0.25, 0.3) is 0 Å². The molecule has 2 aliphatic rings. The molecule has 1 unspecified atom stereocenters. The summed E-state index contributed by atoms with van der Waals surface area (Å²) in [5.41, 5.74) is 1.10. The number of ketones is 1. The number of anilines is 1. The van der Waals surface area contributed by atoms with Gasteiger partial charge < -0.3 is 19.8 Å². The molecule has 0 aliphatic carbocycles. The third-order valence-electron chi connectivity index (χ3n) is 4.68. The Balaban J connectivity index is 1.49. The lowest BCUT2D eigenvalue weighted by molar-refractivity contribution is -0.207. The summed E-state index contributed by atoms with van der Waals surface area (Å²) in [6.07, 6.45) is 3.88. The van der Waals surface area contributed by atoms with Crippen molar-refractivity contribution >= 4 is 17.4 Å². The van der Waals surface area contributed by atoms with Crippen molar-refractivity contribution in [1.29, 1.82) is 0 Å². The van der Waals surface area contributed by atoms with Crippen molar-refractivity contribution in [2.45, 2.75) is 32.0 Å². The SMILES string of the molecule is CC(=O)C(OC1CCNCC1)C(=O)ON1CCN(c2ccncc2)CC1. The first-order valence-electron chi connectivity index (χ1n) is 9.12. The van der Waals surface area contributed by atoms with Crippen molar-refractivity contribution < 1.29 is 19.2 Å². The molecule has 0 radical (unpaired) electrons. The number of nitrogens with one attached hydrogen (secondary N) is 1. The van der Waals surface area contributed by atoms with Crippen LogP contribution in [0.15, 0.2) is 24.5 Å². The lowest BCUT2D eigenvalue weighted by atomic mass is 10.1. The average molecular weight is 362 g/mol. The number of carbonyl (C=O) groups is 2. The number of hydrogen-bond donors (Lipinski definition) is 1. The smallest absolute Gasteiger partial charge is 0.361 e. The van der Waals surface area contributed by atoms with Crippen LogP contribution >= 0.6 is 0 Å².